The Morgan fingerprint density at radius 2 is 1.62 bits per heavy atom. The van der Waals surface area contributed by atoms with Gasteiger partial charge >= 0.3 is 11.0 Å². The number of carbonyl (C=O) groups is 3. The number of alkyl halides is 3. The summed E-state index contributed by atoms with van der Waals surface area (Å²) in [5.74, 6) is -4.17. The Hall–Kier alpha value is -4.23. The Morgan fingerprint density at radius 1 is 0.905 bits per heavy atom. The van der Waals surface area contributed by atoms with Gasteiger partial charge in [0.2, 0.25) is 17.7 Å². The van der Waals surface area contributed by atoms with Crippen LogP contribution in [0.1, 0.15) is 21.9 Å². The van der Waals surface area contributed by atoms with Gasteiger partial charge in [-0.1, -0.05) is 59.5 Å². The smallest absolute Gasteiger partial charge is 0.325 e. The van der Waals surface area contributed by atoms with Crippen LogP contribution in [0, 0.1) is 11.7 Å². The topological polar surface area (TPSA) is 88.5 Å². The van der Waals surface area contributed by atoms with Crippen molar-refractivity contribution in [2.75, 3.05) is 10.2 Å². The average molecular weight is 614 g/mol. The standard InChI is InChI=1S/C29H19F4N3O4S2/c30-17-9-11-18(12-10-17)34-20(37)14-35-27-24(42-28(35)40)21(15-5-2-1-3-6-15)22-23(41-27)26(39)36(25(22)38)19-8-4-7-16(13-19)29(31,32)33/h1-13,21-23H,14H2,(H,34,37). The van der Waals surface area contributed by atoms with Crippen LogP contribution in [0.4, 0.5) is 28.9 Å². The minimum absolute atomic E-state index is 0.193. The molecule has 4 aromatic rings. The molecular weight excluding hydrogens is 594 g/mol. The number of aromatic nitrogens is 1. The van der Waals surface area contributed by atoms with Crippen LogP contribution in [0.15, 0.2) is 88.7 Å². The van der Waals surface area contributed by atoms with E-state index in [0.717, 1.165) is 46.2 Å². The Labute approximate surface area is 243 Å². The monoisotopic (exact) mass is 613 g/mol. The average Bonchev–Trinajstić information content (AvgIpc) is 3.40. The highest BCUT2D eigenvalue weighted by Gasteiger charge is 2.57. The van der Waals surface area contributed by atoms with Gasteiger partial charge in [0.1, 0.15) is 17.6 Å². The van der Waals surface area contributed by atoms with Crippen molar-refractivity contribution >= 4 is 52.2 Å². The fourth-order valence-electron chi connectivity index (χ4n) is 5.23. The predicted molar refractivity (Wildman–Crippen MR) is 149 cm³/mol. The Kier molecular flexibility index (Phi) is 7.01. The first kappa shape index (κ1) is 27.9. The van der Waals surface area contributed by atoms with Crippen molar-refractivity contribution in [2.45, 2.75) is 28.9 Å². The first-order valence-corrected chi connectivity index (χ1v) is 14.3. The summed E-state index contributed by atoms with van der Waals surface area (Å²) in [5, 5.41) is 1.89. The summed E-state index contributed by atoms with van der Waals surface area (Å²) in [6.45, 7) is -0.409. The van der Waals surface area contributed by atoms with Gasteiger partial charge in [0.05, 0.1) is 22.2 Å². The van der Waals surface area contributed by atoms with Gasteiger partial charge in [-0.15, -0.1) is 0 Å². The molecule has 3 heterocycles. The Bertz CT molecular complexity index is 1770. The maximum Gasteiger partial charge on any atom is 0.416 e. The van der Waals surface area contributed by atoms with Gasteiger partial charge in [-0.05, 0) is 48.0 Å². The van der Waals surface area contributed by atoms with Crippen molar-refractivity contribution in [3.63, 3.8) is 0 Å². The molecule has 3 aromatic carbocycles. The minimum atomic E-state index is -4.68. The summed E-state index contributed by atoms with van der Waals surface area (Å²) in [7, 11) is 0. The number of amides is 3. The number of imide groups is 1. The molecule has 2 aliphatic rings. The quantitative estimate of drug-likeness (QED) is 0.237. The molecule has 0 spiro atoms. The molecule has 214 valence electrons. The van der Waals surface area contributed by atoms with Crippen LogP contribution in [-0.2, 0) is 27.1 Å². The van der Waals surface area contributed by atoms with Crippen LogP contribution < -0.4 is 15.1 Å². The van der Waals surface area contributed by atoms with E-state index in [2.05, 4.69) is 5.32 Å². The van der Waals surface area contributed by atoms with E-state index in [1.165, 1.54) is 34.9 Å². The normalized spacial score (nSPS) is 19.9. The third kappa shape index (κ3) is 4.92. The lowest BCUT2D eigenvalue weighted by molar-refractivity contribution is -0.137. The van der Waals surface area contributed by atoms with E-state index in [-0.39, 0.29) is 5.69 Å². The number of halogens is 4. The highest BCUT2D eigenvalue weighted by molar-refractivity contribution is 8.00. The van der Waals surface area contributed by atoms with Crippen LogP contribution in [0.5, 0.6) is 0 Å². The second kappa shape index (κ2) is 10.6. The largest absolute Gasteiger partial charge is 0.416 e. The molecule has 42 heavy (non-hydrogen) atoms. The number of rotatable bonds is 5. The number of nitrogens with zero attached hydrogens (tertiary/aromatic N) is 2. The van der Waals surface area contributed by atoms with E-state index in [1.54, 1.807) is 30.3 Å². The zero-order valence-corrected chi connectivity index (χ0v) is 22.9. The van der Waals surface area contributed by atoms with Crippen LogP contribution in [0.3, 0.4) is 0 Å². The highest BCUT2D eigenvalue weighted by Crippen LogP contribution is 2.54. The molecule has 6 rings (SSSR count). The fraction of sp³-hybridized carbons (Fsp3) is 0.172. The summed E-state index contributed by atoms with van der Waals surface area (Å²) in [6, 6.07) is 17.9. The third-order valence-electron chi connectivity index (χ3n) is 7.07. The molecule has 0 saturated carbocycles. The van der Waals surface area contributed by atoms with Crippen molar-refractivity contribution < 1.29 is 31.9 Å². The number of hydrogen-bond acceptors (Lipinski definition) is 6. The maximum absolute atomic E-state index is 13.8. The molecular formula is C29H19F4N3O4S2. The summed E-state index contributed by atoms with van der Waals surface area (Å²) < 4.78 is 54.8. The van der Waals surface area contributed by atoms with E-state index in [0.29, 0.717) is 21.2 Å². The van der Waals surface area contributed by atoms with Gasteiger partial charge in [-0.25, -0.2) is 9.29 Å². The first-order valence-electron chi connectivity index (χ1n) is 12.6. The molecule has 3 amide bonds. The highest BCUT2D eigenvalue weighted by atomic mass is 32.2. The number of anilines is 2. The zero-order chi connectivity index (χ0) is 29.8. The Balaban J connectivity index is 1.39. The van der Waals surface area contributed by atoms with Gasteiger partial charge in [-0.3, -0.25) is 23.7 Å². The molecule has 1 N–H and O–H groups in total. The van der Waals surface area contributed by atoms with Crippen LogP contribution in [-0.4, -0.2) is 27.5 Å². The van der Waals surface area contributed by atoms with E-state index >= 15 is 0 Å². The summed E-state index contributed by atoms with van der Waals surface area (Å²) in [6.07, 6.45) is -4.68. The van der Waals surface area contributed by atoms with Gasteiger partial charge in [0.15, 0.2) is 0 Å². The molecule has 1 fully saturated rings. The lowest BCUT2D eigenvalue weighted by Crippen LogP contribution is -2.33. The number of thioether (sulfide) groups is 1. The van der Waals surface area contributed by atoms with Crippen LogP contribution in [0.2, 0.25) is 0 Å². The van der Waals surface area contributed by atoms with E-state index in [4.69, 9.17) is 0 Å². The second-order valence-electron chi connectivity index (χ2n) is 9.69. The second-order valence-corrected chi connectivity index (χ2v) is 11.8. The number of nitrogens with one attached hydrogen (secondary N) is 1. The van der Waals surface area contributed by atoms with Gasteiger partial charge < -0.3 is 5.32 Å². The molecule has 0 radical (unpaired) electrons. The molecule has 1 saturated heterocycles. The molecule has 2 aliphatic heterocycles. The van der Waals surface area contributed by atoms with Gasteiger partial charge in [0.25, 0.3) is 0 Å². The van der Waals surface area contributed by atoms with Crippen molar-refractivity contribution in [3.05, 3.63) is 110 Å². The maximum atomic E-state index is 13.8. The molecule has 3 unspecified atom stereocenters. The summed E-state index contributed by atoms with van der Waals surface area (Å²) in [5.41, 5.74) is -0.226. The summed E-state index contributed by atoms with van der Waals surface area (Å²) in [4.78, 5) is 54.4. The molecule has 1 aromatic heterocycles. The van der Waals surface area contributed by atoms with E-state index in [9.17, 15) is 36.7 Å². The Morgan fingerprint density at radius 3 is 2.31 bits per heavy atom. The lowest BCUT2D eigenvalue weighted by atomic mass is 9.83. The first-order chi connectivity index (χ1) is 20.0. The summed E-state index contributed by atoms with van der Waals surface area (Å²) >= 11 is 1.80. The number of thiazole rings is 1. The molecule has 0 aliphatic carbocycles. The van der Waals surface area contributed by atoms with Crippen molar-refractivity contribution in [3.8, 4) is 0 Å². The molecule has 0 bridgehead atoms. The lowest BCUT2D eigenvalue weighted by Gasteiger charge is -2.30. The van der Waals surface area contributed by atoms with Crippen LogP contribution >= 0.6 is 23.1 Å². The SMILES string of the molecule is O=C(Cn1c2c(sc1=O)C(c1ccccc1)C1C(=O)N(c3cccc(C(F)(F)F)c3)C(=O)C1S2)Nc1ccc(F)cc1. The van der Waals surface area contributed by atoms with Gasteiger partial charge in [0, 0.05) is 16.5 Å². The van der Waals surface area contributed by atoms with Crippen molar-refractivity contribution in [2.24, 2.45) is 5.92 Å². The number of hydrogen-bond donors (Lipinski definition) is 1. The zero-order valence-electron chi connectivity index (χ0n) is 21.3. The third-order valence-corrected chi connectivity index (χ3v) is 9.67. The molecule has 13 heteroatoms. The fourth-order valence-corrected chi connectivity index (χ4v) is 8.00. The number of carbonyl (C=O) groups excluding carboxylic acids is 3. The van der Waals surface area contributed by atoms with Gasteiger partial charge in [-0.2, -0.15) is 13.2 Å². The molecule has 3 atom stereocenters. The van der Waals surface area contributed by atoms with Crippen molar-refractivity contribution in [1.82, 2.24) is 4.57 Å². The predicted octanol–water partition coefficient (Wildman–Crippen LogP) is 5.50. The number of benzene rings is 3. The van der Waals surface area contributed by atoms with Crippen LogP contribution in [0.25, 0.3) is 0 Å². The van der Waals surface area contributed by atoms with E-state index < -0.39 is 63.8 Å². The minimum Gasteiger partial charge on any atom is -0.325 e. The van der Waals surface area contributed by atoms with Crippen molar-refractivity contribution in [1.29, 1.82) is 0 Å². The molecule has 7 nitrogen and oxygen atoms in total. The number of fused-ring (bicyclic) bond motifs is 2. The van der Waals surface area contributed by atoms with E-state index in [1.807, 2.05) is 0 Å².